The molecule has 0 bridgehead atoms. The lowest BCUT2D eigenvalue weighted by Crippen LogP contribution is -2.47. The fourth-order valence-corrected chi connectivity index (χ4v) is 4.10. The van der Waals surface area contributed by atoms with E-state index in [-0.39, 0.29) is 0 Å². The second-order valence-electron chi connectivity index (χ2n) is 7.70. The average molecular weight is 380 g/mol. The van der Waals surface area contributed by atoms with Gasteiger partial charge in [0.1, 0.15) is 0 Å². The van der Waals surface area contributed by atoms with Crippen LogP contribution in [-0.2, 0) is 6.42 Å². The van der Waals surface area contributed by atoms with Gasteiger partial charge < -0.3 is 20.4 Å². The van der Waals surface area contributed by atoms with Gasteiger partial charge in [-0.05, 0) is 43.7 Å². The molecule has 1 aromatic rings. The molecule has 1 aliphatic heterocycles. The van der Waals surface area contributed by atoms with Crippen molar-refractivity contribution >= 4 is 17.3 Å². The zero-order valence-electron chi connectivity index (χ0n) is 17.0. The Labute approximate surface area is 163 Å². The van der Waals surface area contributed by atoms with Crippen molar-refractivity contribution in [3.05, 3.63) is 22.4 Å². The highest BCUT2D eigenvalue weighted by Gasteiger charge is 2.16. The van der Waals surface area contributed by atoms with E-state index in [2.05, 4.69) is 65.8 Å². The number of piperazine rings is 1. The number of thiophene rings is 1. The van der Waals surface area contributed by atoms with E-state index in [1.54, 1.807) is 0 Å². The van der Waals surface area contributed by atoms with Crippen molar-refractivity contribution in [2.45, 2.75) is 27.2 Å². The van der Waals surface area contributed by atoms with E-state index < -0.39 is 0 Å². The lowest BCUT2D eigenvalue weighted by atomic mass is 10.1. The zero-order chi connectivity index (χ0) is 18.8. The molecular formula is C20H37N5S. The first-order valence-electron chi connectivity index (χ1n) is 10.0. The lowest BCUT2D eigenvalue weighted by Gasteiger charge is -2.34. The second-order valence-corrected chi connectivity index (χ2v) is 8.73. The van der Waals surface area contributed by atoms with Crippen LogP contribution in [0.4, 0.5) is 0 Å². The number of hydrogen-bond acceptors (Lipinski definition) is 4. The number of guanidine groups is 1. The Bertz CT molecular complexity index is 508. The lowest BCUT2D eigenvalue weighted by molar-refractivity contribution is 0.139. The van der Waals surface area contributed by atoms with Gasteiger partial charge in [0.15, 0.2) is 5.96 Å². The van der Waals surface area contributed by atoms with E-state index in [0.717, 1.165) is 38.6 Å². The summed E-state index contributed by atoms with van der Waals surface area (Å²) in [7, 11) is 2.21. The average Bonchev–Trinajstić information content (AvgIpc) is 3.12. The Hall–Kier alpha value is -1.11. The van der Waals surface area contributed by atoms with Gasteiger partial charge in [0.25, 0.3) is 0 Å². The van der Waals surface area contributed by atoms with Crippen LogP contribution in [0.25, 0.3) is 0 Å². The molecule has 0 spiro atoms. The molecule has 0 saturated carbocycles. The van der Waals surface area contributed by atoms with Crippen LogP contribution in [0.15, 0.2) is 22.5 Å². The highest BCUT2D eigenvalue weighted by Crippen LogP contribution is 2.14. The highest BCUT2D eigenvalue weighted by molar-refractivity contribution is 7.09. The Kier molecular flexibility index (Phi) is 9.43. The molecule has 2 rings (SSSR count). The van der Waals surface area contributed by atoms with Crippen molar-refractivity contribution in [1.82, 2.24) is 20.4 Å². The van der Waals surface area contributed by atoms with Gasteiger partial charge in [-0.25, -0.2) is 0 Å². The summed E-state index contributed by atoms with van der Waals surface area (Å²) >= 11 is 1.84. The Morgan fingerprint density at radius 3 is 2.62 bits per heavy atom. The third-order valence-electron chi connectivity index (χ3n) is 4.82. The summed E-state index contributed by atoms with van der Waals surface area (Å²) in [6.45, 7) is 15.4. The van der Waals surface area contributed by atoms with Crippen LogP contribution < -0.4 is 10.6 Å². The third kappa shape index (κ3) is 8.06. The van der Waals surface area contributed by atoms with Crippen molar-refractivity contribution in [3.8, 4) is 0 Å². The monoisotopic (exact) mass is 379 g/mol. The molecule has 1 saturated heterocycles. The molecule has 26 heavy (non-hydrogen) atoms. The molecule has 1 fully saturated rings. The normalized spacial score (nSPS) is 19.3. The molecule has 0 radical (unpaired) electrons. The quantitative estimate of drug-likeness (QED) is 0.511. The predicted molar refractivity (Wildman–Crippen MR) is 114 cm³/mol. The fourth-order valence-electron chi connectivity index (χ4n) is 3.23. The minimum atomic E-state index is 0.562. The molecule has 5 nitrogen and oxygen atoms in total. The molecule has 2 N–H and O–H groups in total. The van der Waals surface area contributed by atoms with E-state index in [9.17, 15) is 0 Å². The van der Waals surface area contributed by atoms with Gasteiger partial charge in [0.2, 0.25) is 0 Å². The smallest absolute Gasteiger partial charge is 0.191 e. The molecule has 1 aliphatic rings. The maximum Gasteiger partial charge on any atom is 0.191 e. The third-order valence-corrected chi connectivity index (χ3v) is 5.72. The zero-order valence-corrected chi connectivity index (χ0v) is 17.8. The maximum atomic E-state index is 4.80. The number of nitrogens with zero attached hydrogens (tertiary/aromatic N) is 3. The van der Waals surface area contributed by atoms with Gasteiger partial charge >= 0.3 is 0 Å². The number of nitrogens with one attached hydrogen (secondary N) is 2. The molecular weight excluding hydrogens is 342 g/mol. The van der Waals surface area contributed by atoms with Gasteiger partial charge in [-0.1, -0.05) is 19.9 Å². The van der Waals surface area contributed by atoms with E-state index in [1.165, 1.54) is 31.1 Å². The first-order chi connectivity index (χ1) is 12.6. The fraction of sp³-hybridized carbons (Fsp3) is 0.750. The van der Waals surface area contributed by atoms with Crippen molar-refractivity contribution < 1.29 is 0 Å². The highest BCUT2D eigenvalue weighted by atomic mass is 32.1. The summed E-state index contributed by atoms with van der Waals surface area (Å²) in [5.74, 6) is 2.13. The summed E-state index contributed by atoms with van der Waals surface area (Å²) < 4.78 is 0. The van der Waals surface area contributed by atoms with E-state index in [4.69, 9.17) is 4.99 Å². The van der Waals surface area contributed by atoms with Crippen molar-refractivity contribution in [2.75, 3.05) is 59.4 Å². The largest absolute Gasteiger partial charge is 0.357 e. The minimum Gasteiger partial charge on any atom is -0.357 e. The molecule has 1 aromatic heterocycles. The second kappa shape index (κ2) is 11.6. The van der Waals surface area contributed by atoms with E-state index in [1.807, 2.05) is 11.3 Å². The number of rotatable bonds is 9. The van der Waals surface area contributed by atoms with Gasteiger partial charge in [0, 0.05) is 57.2 Å². The Balaban J connectivity index is 1.71. The predicted octanol–water partition coefficient (Wildman–Crippen LogP) is 2.37. The number of likely N-dealkylation sites (N-methyl/N-ethyl adjacent to an activating group) is 1. The molecule has 0 amide bonds. The molecule has 6 heteroatoms. The van der Waals surface area contributed by atoms with Crippen molar-refractivity contribution in [2.24, 2.45) is 16.8 Å². The Morgan fingerprint density at radius 2 is 1.96 bits per heavy atom. The van der Waals surface area contributed by atoms with Crippen LogP contribution in [0, 0.1) is 11.8 Å². The van der Waals surface area contributed by atoms with Gasteiger partial charge in [-0.15, -0.1) is 11.3 Å². The molecule has 0 aliphatic carbocycles. The van der Waals surface area contributed by atoms with Crippen LogP contribution >= 0.6 is 11.3 Å². The minimum absolute atomic E-state index is 0.562. The summed E-state index contributed by atoms with van der Waals surface area (Å²) in [6, 6.07) is 4.34. The van der Waals surface area contributed by atoms with Crippen molar-refractivity contribution in [3.63, 3.8) is 0 Å². The summed E-state index contributed by atoms with van der Waals surface area (Å²) in [4.78, 5) is 11.2. The Morgan fingerprint density at radius 1 is 1.19 bits per heavy atom. The first kappa shape index (κ1) is 21.2. The van der Waals surface area contributed by atoms with E-state index >= 15 is 0 Å². The summed E-state index contributed by atoms with van der Waals surface area (Å²) in [6.07, 6.45) is 1.11. The van der Waals surface area contributed by atoms with Crippen LogP contribution in [0.1, 0.15) is 25.6 Å². The van der Waals surface area contributed by atoms with Crippen LogP contribution in [0.3, 0.4) is 0 Å². The topological polar surface area (TPSA) is 42.9 Å². The standard InChI is InChI=1S/C20H37N5S/c1-5-21-20(22-14-17(2)13-19-7-6-12-26-19)23-15-18(3)16-25-10-8-24(4)9-11-25/h6-7,12,17-18H,5,8-11,13-16H2,1-4H3,(H2,21,22,23). The molecule has 2 atom stereocenters. The maximum absolute atomic E-state index is 4.80. The van der Waals surface area contributed by atoms with Crippen LogP contribution in [-0.4, -0.2) is 75.2 Å². The molecule has 0 aromatic carbocycles. The van der Waals surface area contributed by atoms with Crippen molar-refractivity contribution in [1.29, 1.82) is 0 Å². The van der Waals surface area contributed by atoms with Gasteiger partial charge in [0.05, 0.1) is 0 Å². The van der Waals surface area contributed by atoms with Crippen LogP contribution in [0.2, 0.25) is 0 Å². The first-order valence-corrected chi connectivity index (χ1v) is 10.9. The molecule has 2 heterocycles. The number of hydrogen-bond donors (Lipinski definition) is 2. The number of aliphatic imine (C=N–C) groups is 1. The molecule has 2 unspecified atom stereocenters. The van der Waals surface area contributed by atoms with Crippen LogP contribution in [0.5, 0.6) is 0 Å². The van der Waals surface area contributed by atoms with Gasteiger partial charge in [-0.2, -0.15) is 0 Å². The van der Waals surface area contributed by atoms with Gasteiger partial charge in [-0.3, -0.25) is 4.99 Å². The molecule has 148 valence electrons. The SMILES string of the molecule is CCNC(=NCC(C)Cc1cccs1)NCC(C)CN1CCN(C)CC1. The van der Waals surface area contributed by atoms with E-state index in [0.29, 0.717) is 11.8 Å². The summed E-state index contributed by atoms with van der Waals surface area (Å²) in [5, 5.41) is 9.07. The summed E-state index contributed by atoms with van der Waals surface area (Å²) in [5.41, 5.74) is 0.